The third kappa shape index (κ3) is 5.41. The van der Waals surface area contributed by atoms with Gasteiger partial charge in [0.05, 0.1) is 29.3 Å². The third-order valence-corrected chi connectivity index (χ3v) is 3.64. The van der Waals surface area contributed by atoms with Crippen molar-refractivity contribution in [2.45, 2.75) is 6.54 Å². The summed E-state index contributed by atoms with van der Waals surface area (Å²) in [4.78, 5) is 27.9. The lowest BCUT2D eigenvalue weighted by Crippen LogP contribution is -2.39. The van der Waals surface area contributed by atoms with E-state index < -0.39 is 6.03 Å². The number of hydrogen-bond donors (Lipinski definition) is 3. The molecule has 0 atom stereocenters. The van der Waals surface area contributed by atoms with Crippen molar-refractivity contribution >= 4 is 40.6 Å². The number of carbonyl (C=O) groups excluding carboxylic acids is 2. The summed E-state index contributed by atoms with van der Waals surface area (Å²) in [6.45, 7) is 0.249. The maximum absolute atomic E-state index is 11.6. The van der Waals surface area contributed by atoms with Gasteiger partial charge in [-0.05, 0) is 24.3 Å². The number of halogens is 1. The smallest absolute Gasteiger partial charge is 0.315 e. The van der Waals surface area contributed by atoms with Crippen molar-refractivity contribution in [2.24, 2.45) is 0 Å². The molecule has 21 heavy (non-hydrogen) atoms. The largest absolute Gasteiger partial charge is 0.333 e. The SMILES string of the molecule is O=C(CNC(=O)NCc1ccc(Cl)s1)Nc1cccnc1. The van der Waals surface area contributed by atoms with Crippen LogP contribution in [0.5, 0.6) is 0 Å². The number of anilines is 1. The molecule has 0 saturated carbocycles. The molecule has 2 heterocycles. The van der Waals surface area contributed by atoms with Crippen molar-refractivity contribution in [3.63, 3.8) is 0 Å². The Morgan fingerprint density at radius 3 is 2.76 bits per heavy atom. The average molecular weight is 325 g/mol. The van der Waals surface area contributed by atoms with E-state index in [9.17, 15) is 9.59 Å². The Balaban J connectivity index is 1.67. The number of aromatic nitrogens is 1. The van der Waals surface area contributed by atoms with Crippen LogP contribution in [0.15, 0.2) is 36.7 Å². The Labute approximate surface area is 130 Å². The summed E-state index contributed by atoms with van der Waals surface area (Å²) in [6.07, 6.45) is 3.14. The summed E-state index contributed by atoms with van der Waals surface area (Å²) in [6, 6.07) is 6.61. The Hall–Kier alpha value is -2.12. The van der Waals surface area contributed by atoms with Gasteiger partial charge in [-0.3, -0.25) is 9.78 Å². The number of urea groups is 1. The fraction of sp³-hybridized carbons (Fsp3) is 0.154. The number of thiophene rings is 1. The molecule has 0 saturated heterocycles. The average Bonchev–Trinajstić information content (AvgIpc) is 2.90. The molecule has 2 aromatic rings. The van der Waals surface area contributed by atoms with Gasteiger partial charge in [-0.2, -0.15) is 0 Å². The van der Waals surface area contributed by atoms with Crippen molar-refractivity contribution in [1.29, 1.82) is 0 Å². The van der Waals surface area contributed by atoms with Crippen LogP contribution in [0.1, 0.15) is 4.88 Å². The van der Waals surface area contributed by atoms with Crippen molar-refractivity contribution in [2.75, 3.05) is 11.9 Å². The molecule has 0 radical (unpaired) electrons. The first kappa shape index (κ1) is 15.3. The molecule has 2 aromatic heterocycles. The van der Waals surface area contributed by atoms with Crippen molar-refractivity contribution < 1.29 is 9.59 Å². The van der Waals surface area contributed by atoms with Crippen LogP contribution in [-0.4, -0.2) is 23.5 Å². The Morgan fingerprint density at radius 1 is 1.24 bits per heavy atom. The highest BCUT2D eigenvalue weighted by atomic mass is 35.5. The maximum Gasteiger partial charge on any atom is 0.315 e. The predicted octanol–water partition coefficient (Wildman–Crippen LogP) is 2.23. The minimum absolute atomic E-state index is 0.119. The molecule has 0 aromatic carbocycles. The summed E-state index contributed by atoms with van der Waals surface area (Å²) in [5.74, 6) is -0.322. The van der Waals surface area contributed by atoms with Crippen LogP contribution in [0.3, 0.4) is 0 Å². The maximum atomic E-state index is 11.6. The molecular weight excluding hydrogens is 312 g/mol. The topological polar surface area (TPSA) is 83.1 Å². The van der Waals surface area contributed by atoms with Gasteiger partial charge in [0.2, 0.25) is 5.91 Å². The third-order valence-electron chi connectivity index (χ3n) is 2.41. The number of carbonyl (C=O) groups is 2. The molecule has 3 amide bonds. The highest BCUT2D eigenvalue weighted by Crippen LogP contribution is 2.20. The lowest BCUT2D eigenvalue weighted by molar-refractivity contribution is -0.115. The van der Waals surface area contributed by atoms with Gasteiger partial charge in [-0.15, -0.1) is 11.3 Å². The molecule has 2 rings (SSSR count). The zero-order chi connectivity index (χ0) is 15.1. The minimum atomic E-state index is -0.416. The first-order valence-electron chi connectivity index (χ1n) is 6.09. The van der Waals surface area contributed by atoms with E-state index in [1.807, 2.05) is 6.07 Å². The Kier molecular flexibility index (Phi) is 5.53. The molecular formula is C13H13ClN4O2S. The molecule has 0 fully saturated rings. The second kappa shape index (κ2) is 7.61. The van der Waals surface area contributed by atoms with E-state index in [-0.39, 0.29) is 12.5 Å². The zero-order valence-electron chi connectivity index (χ0n) is 10.9. The molecule has 110 valence electrons. The van der Waals surface area contributed by atoms with E-state index in [2.05, 4.69) is 20.9 Å². The second-order valence-corrected chi connectivity index (χ2v) is 5.83. The number of nitrogens with one attached hydrogen (secondary N) is 3. The van der Waals surface area contributed by atoms with Gasteiger partial charge >= 0.3 is 6.03 Å². The van der Waals surface area contributed by atoms with Gasteiger partial charge in [0.25, 0.3) is 0 Å². The van der Waals surface area contributed by atoms with Crippen molar-refractivity contribution in [3.05, 3.63) is 45.9 Å². The molecule has 0 aliphatic rings. The van der Waals surface area contributed by atoms with Crippen molar-refractivity contribution in [3.8, 4) is 0 Å². The quantitative estimate of drug-likeness (QED) is 0.788. The van der Waals surface area contributed by atoms with Crippen LogP contribution in [0, 0.1) is 0 Å². The predicted molar refractivity (Wildman–Crippen MR) is 82.4 cm³/mol. The first-order valence-corrected chi connectivity index (χ1v) is 7.29. The number of hydrogen-bond acceptors (Lipinski definition) is 4. The molecule has 8 heteroatoms. The summed E-state index contributed by atoms with van der Waals surface area (Å²) >= 11 is 7.18. The Morgan fingerprint density at radius 2 is 2.10 bits per heavy atom. The first-order chi connectivity index (χ1) is 10.1. The summed E-state index contributed by atoms with van der Waals surface area (Å²) in [7, 11) is 0. The molecule has 0 unspecified atom stereocenters. The van der Waals surface area contributed by atoms with Crippen LogP contribution < -0.4 is 16.0 Å². The highest BCUT2D eigenvalue weighted by Gasteiger charge is 2.06. The van der Waals surface area contributed by atoms with E-state index in [1.165, 1.54) is 17.5 Å². The van der Waals surface area contributed by atoms with Gasteiger partial charge in [0.15, 0.2) is 0 Å². The summed E-state index contributed by atoms with van der Waals surface area (Å²) < 4.78 is 0.669. The summed E-state index contributed by atoms with van der Waals surface area (Å²) in [5.41, 5.74) is 0.581. The molecule has 0 bridgehead atoms. The van der Waals surface area contributed by atoms with E-state index >= 15 is 0 Å². The fourth-order valence-electron chi connectivity index (χ4n) is 1.48. The number of amides is 3. The van der Waals surface area contributed by atoms with Crippen LogP contribution in [0.25, 0.3) is 0 Å². The van der Waals surface area contributed by atoms with E-state index in [0.717, 1.165) is 4.88 Å². The highest BCUT2D eigenvalue weighted by molar-refractivity contribution is 7.16. The lowest BCUT2D eigenvalue weighted by atomic mass is 10.4. The number of rotatable bonds is 5. The van der Waals surface area contributed by atoms with Gasteiger partial charge in [0.1, 0.15) is 0 Å². The normalized spacial score (nSPS) is 9.95. The van der Waals surface area contributed by atoms with Gasteiger partial charge < -0.3 is 16.0 Å². The van der Waals surface area contributed by atoms with E-state index in [1.54, 1.807) is 24.4 Å². The Bertz CT molecular complexity index is 618. The van der Waals surface area contributed by atoms with Crippen molar-refractivity contribution in [1.82, 2.24) is 15.6 Å². The monoisotopic (exact) mass is 324 g/mol. The van der Waals surface area contributed by atoms with Crippen LogP contribution in [0.2, 0.25) is 4.34 Å². The molecule has 0 aliphatic heterocycles. The minimum Gasteiger partial charge on any atom is -0.333 e. The number of pyridine rings is 1. The van der Waals surface area contributed by atoms with Crippen LogP contribution >= 0.6 is 22.9 Å². The van der Waals surface area contributed by atoms with Crippen LogP contribution in [0.4, 0.5) is 10.5 Å². The molecule has 3 N–H and O–H groups in total. The summed E-state index contributed by atoms with van der Waals surface area (Å²) in [5, 5.41) is 7.72. The van der Waals surface area contributed by atoms with E-state index in [4.69, 9.17) is 11.6 Å². The van der Waals surface area contributed by atoms with Gasteiger partial charge in [-0.25, -0.2) is 4.79 Å². The van der Waals surface area contributed by atoms with Crippen LogP contribution in [-0.2, 0) is 11.3 Å². The second-order valence-electron chi connectivity index (χ2n) is 4.03. The number of nitrogens with zero attached hydrogens (tertiary/aromatic N) is 1. The standard InChI is InChI=1S/C13H13ClN4O2S/c14-11-4-3-10(21-11)7-16-13(20)17-8-12(19)18-9-2-1-5-15-6-9/h1-6H,7-8H2,(H,18,19)(H2,16,17,20). The lowest BCUT2D eigenvalue weighted by Gasteiger charge is -2.07. The van der Waals surface area contributed by atoms with Gasteiger partial charge in [-0.1, -0.05) is 11.6 Å². The molecule has 0 aliphatic carbocycles. The van der Waals surface area contributed by atoms with E-state index in [0.29, 0.717) is 16.6 Å². The zero-order valence-corrected chi connectivity index (χ0v) is 12.5. The molecule has 0 spiro atoms. The molecule has 6 nitrogen and oxygen atoms in total. The van der Waals surface area contributed by atoms with Gasteiger partial charge in [0, 0.05) is 11.1 Å². The fourth-order valence-corrected chi connectivity index (χ4v) is 2.51.